The number of likely N-dealkylation sites (tertiary alicyclic amines) is 1. The van der Waals surface area contributed by atoms with Crippen molar-refractivity contribution in [1.82, 2.24) is 10.2 Å². The molecule has 3 rings (SSSR count). The Bertz CT molecular complexity index is 462. The summed E-state index contributed by atoms with van der Waals surface area (Å²) in [6.07, 6.45) is 6.47. The van der Waals surface area contributed by atoms with E-state index in [9.17, 15) is 0 Å². The molecule has 2 aliphatic rings. The van der Waals surface area contributed by atoms with Crippen LogP contribution in [0.2, 0.25) is 6.32 Å². The van der Waals surface area contributed by atoms with Gasteiger partial charge in [0, 0.05) is 25.7 Å². The topological polar surface area (TPSA) is 15.3 Å². The first-order valence-corrected chi connectivity index (χ1v) is 8.78. The predicted octanol–water partition coefficient (Wildman–Crippen LogP) is 1.82. The molecule has 1 aromatic rings. The second-order valence-corrected chi connectivity index (χ2v) is 7.09. The van der Waals surface area contributed by atoms with Gasteiger partial charge >= 0.3 is 0 Å². The molecule has 3 heteroatoms. The highest BCUT2D eigenvalue weighted by Gasteiger charge is 2.29. The lowest BCUT2D eigenvalue weighted by molar-refractivity contribution is 0.0909. The van der Waals surface area contributed by atoms with Crippen LogP contribution in [0.5, 0.6) is 0 Å². The van der Waals surface area contributed by atoms with E-state index in [1.165, 1.54) is 69.3 Å². The molecule has 0 spiro atoms. The Kier molecular flexibility index (Phi) is 5.02. The Balaban J connectivity index is 1.45. The standard InChI is InChI=1S/C18H29BN2/c1-14-9-15(6-7-19)4-5-17(14)10-16-11-21(12-16)13-18-3-2-8-20-18/h4-5,9,16,18,20H,2-3,6-8,10-13,19H2,1H3. The molecule has 0 saturated carbocycles. The SMILES string of the molecule is BCCc1ccc(CC2CN(CC3CCCN3)C2)c(C)c1. The fourth-order valence-corrected chi connectivity index (χ4v) is 3.92. The van der Waals surface area contributed by atoms with Crippen LogP contribution in [0.3, 0.4) is 0 Å². The van der Waals surface area contributed by atoms with E-state index in [0.717, 1.165) is 12.0 Å². The lowest BCUT2D eigenvalue weighted by Gasteiger charge is -2.41. The average molecular weight is 284 g/mol. The molecule has 2 saturated heterocycles. The van der Waals surface area contributed by atoms with Gasteiger partial charge in [0.05, 0.1) is 0 Å². The molecular weight excluding hydrogens is 255 g/mol. The summed E-state index contributed by atoms with van der Waals surface area (Å²) in [4.78, 5) is 2.63. The van der Waals surface area contributed by atoms with E-state index in [1.54, 1.807) is 5.56 Å². The third kappa shape index (κ3) is 3.89. The van der Waals surface area contributed by atoms with Gasteiger partial charge in [0.15, 0.2) is 0 Å². The lowest BCUT2D eigenvalue weighted by Crippen LogP contribution is -2.51. The van der Waals surface area contributed by atoms with E-state index in [0.29, 0.717) is 0 Å². The molecule has 1 N–H and O–H groups in total. The molecule has 21 heavy (non-hydrogen) atoms. The fraction of sp³-hybridized carbons (Fsp3) is 0.667. The monoisotopic (exact) mass is 284 g/mol. The van der Waals surface area contributed by atoms with E-state index < -0.39 is 0 Å². The highest BCUT2D eigenvalue weighted by Crippen LogP contribution is 2.24. The highest BCUT2D eigenvalue weighted by atomic mass is 15.2. The fourth-order valence-electron chi connectivity index (χ4n) is 3.92. The second-order valence-electron chi connectivity index (χ2n) is 7.09. The van der Waals surface area contributed by atoms with Crippen molar-refractivity contribution in [1.29, 1.82) is 0 Å². The van der Waals surface area contributed by atoms with Gasteiger partial charge in [0.2, 0.25) is 0 Å². The summed E-state index contributed by atoms with van der Waals surface area (Å²) in [7, 11) is 2.26. The largest absolute Gasteiger partial charge is 0.313 e. The van der Waals surface area contributed by atoms with E-state index in [-0.39, 0.29) is 0 Å². The van der Waals surface area contributed by atoms with Gasteiger partial charge in [-0.05, 0) is 61.8 Å². The molecule has 2 heterocycles. The number of hydrogen-bond acceptors (Lipinski definition) is 2. The van der Waals surface area contributed by atoms with Crippen molar-refractivity contribution >= 4 is 7.85 Å². The number of hydrogen-bond donors (Lipinski definition) is 1. The molecule has 1 unspecified atom stereocenters. The molecule has 2 aliphatic heterocycles. The van der Waals surface area contributed by atoms with Crippen LogP contribution >= 0.6 is 0 Å². The quantitative estimate of drug-likeness (QED) is 0.802. The summed E-state index contributed by atoms with van der Waals surface area (Å²) in [5, 5.41) is 3.61. The van der Waals surface area contributed by atoms with E-state index >= 15 is 0 Å². The zero-order valence-corrected chi connectivity index (χ0v) is 13.7. The molecule has 0 radical (unpaired) electrons. The number of nitrogens with one attached hydrogen (secondary N) is 1. The van der Waals surface area contributed by atoms with Crippen LogP contribution in [0.15, 0.2) is 18.2 Å². The normalized spacial score (nSPS) is 23.4. The smallest absolute Gasteiger partial charge is 0.101 e. The summed E-state index contributed by atoms with van der Waals surface area (Å²) >= 11 is 0. The number of rotatable bonds is 6. The van der Waals surface area contributed by atoms with Gasteiger partial charge in [-0.2, -0.15) is 0 Å². The lowest BCUT2D eigenvalue weighted by atomic mass is 9.88. The summed E-state index contributed by atoms with van der Waals surface area (Å²) in [6, 6.07) is 7.88. The van der Waals surface area contributed by atoms with Crippen LogP contribution in [0.4, 0.5) is 0 Å². The van der Waals surface area contributed by atoms with Crippen LogP contribution in [0, 0.1) is 12.8 Å². The van der Waals surface area contributed by atoms with Crippen molar-refractivity contribution in [3.8, 4) is 0 Å². The van der Waals surface area contributed by atoms with Gasteiger partial charge in [-0.25, -0.2) is 0 Å². The first-order valence-electron chi connectivity index (χ1n) is 8.78. The molecule has 1 aromatic carbocycles. The van der Waals surface area contributed by atoms with Gasteiger partial charge in [-0.15, -0.1) is 0 Å². The molecule has 114 valence electrons. The third-order valence-electron chi connectivity index (χ3n) is 5.13. The number of nitrogens with zero attached hydrogens (tertiary/aromatic N) is 1. The zero-order chi connectivity index (χ0) is 14.7. The minimum atomic E-state index is 0.765. The minimum absolute atomic E-state index is 0.765. The maximum absolute atomic E-state index is 3.61. The van der Waals surface area contributed by atoms with Crippen LogP contribution in [0.1, 0.15) is 29.5 Å². The van der Waals surface area contributed by atoms with Gasteiger partial charge in [-0.1, -0.05) is 24.5 Å². The molecule has 2 nitrogen and oxygen atoms in total. The Morgan fingerprint density at radius 3 is 2.86 bits per heavy atom. The Morgan fingerprint density at radius 2 is 2.19 bits per heavy atom. The van der Waals surface area contributed by atoms with Crippen molar-refractivity contribution in [2.45, 2.75) is 45.0 Å². The van der Waals surface area contributed by atoms with Crippen molar-refractivity contribution < 1.29 is 0 Å². The molecule has 0 aliphatic carbocycles. The first kappa shape index (κ1) is 15.1. The predicted molar refractivity (Wildman–Crippen MR) is 92.9 cm³/mol. The number of aryl methyl sites for hydroxylation is 2. The van der Waals surface area contributed by atoms with Crippen molar-refractivity contribution in [3.63, 3.8) is 0 Å². The molecular formula is C18H29BN2. The van der Waals surface area contributed by atoms with E-state index in [4.69, 9.17) is 0 Å². The maximum Gasteiger partial charge on any atom is 0.101 e. The van der Waals surface area contributed by atoms with E-state index in [1.807, 2.05) is 0 Å². The van der Waals surface area contributed by atoms with Crippen molar-refractivity contribution in [3.05, 3.63) is 34.9 Å². The summed E-state index contributed by atoms with van der Waals surface area (Å²) in [6.45, 7) is 7.38. The summed E-state index contributed by atoms with van der Waals surface area (Å²) < 4.78 is 0. The maximum atomic E-state index is 3.61. The molecule has 1 atom stereocenters. The van der Waals surface area contributed by atoms with Crippen molar-refractivity contribution in [2.75, 3.05) is 26.2 Å². The van der Waals surface area contributed by atoms with Crippen molar-refractivity contribution in [2.24, 2.45) is 5.92 Å². The third-order valence-corrected chi connectivity index (χ3v) is 5.13. The molecule has 0 aromatic heterocycles. The molecule has 2 fully saturated rings. The zero-order valence-electron chi connectivity index (χ0n) is 13.7. The van der Waals surface area contributed by atoms with Gasteiger partial charge < -0.3 is 10.2 Å². The average Bonchev–Trinajstić information content (AvgIpc) is 2.92. The Hall–Kier alpha value is -0.795. The summed E-state index contributed by atoms with van der Waals surface area (Å²) in [5.74, 6) is 0.877. The van der Waals surface area contributed by atoms with Gasteiger partial charge in [0.25, 0.3) is 0 Å². The number of benzene rings is 1. The van der Waals surface area contributed by atoms with Gasteiger partial charge in [-0.3, -0.25) is 0 Å². The molecule has 0 bridgehead atoms. The second kappa shape index (κ2) is 6.98. The molecule has 0 amide bonds. The van der Waals surface area contributed by atoms with Crippen LogP contribution in [0.25, 0.3) is 0 Å². The summed E-state index contributed by atoms with van der Waals surface area (Å²) in [5.41, 5.74) is 4.57. The minimum Gasteiger partial charge on any atom is -0.313 e. The highest BCUT2D eigenvalue weighted by molar-refractivity contribution is 6.08. The van der Waals surface area contributed by atoms with Crippen LogP contribution in [-0.4, -0.2) is 45.0 Å². The van der Waals surface area contributed by atoms with Gasteiger partial charge in [0.1, 0.15) is 7.85 Å². The van der Waals surface area contributed by atoms with Crippen LogP contribution in [-0.2, 0) is 12.8 Å². The Labute approximate surface area is 130 Å². The van der Waals surface area contributed by atoms with Crippen LogP contribution < -0.4 is 5.32 Å². The Morgan fingerprint density at radius 1 is 1.33 bits per heavy atom. The van der Waals surface area contributed by atoms with E-state index in [2.05, 4.69) is 43.2 Å². The first-order chi connectivity index (χ1) is 10.2.